The van der Waals surface area contributed by atoms with Crippen LogP contribution in [-0.4, -0.2) is 89.0 Å². The van der Waals surface area contributed by atoms with Crippen LogP contribution in [0.3, 0.4) is 0 Å². The second-order valence-corrected chi connectivity index (χ2v) is 9.94. The van der Waals surface area contributed by atoms with E-state index in [9.17, 15) is 30.0 Å². The van der Waals surface area contributed by atoms with E-state index in [1.807, 2.05) is 0 Å². The predicted octanol–water partition coefficient (Wildman–Crippen LogP) is 2.76. The van der Waals surface area contributed by atoms with Crippen LogP contribution in [0.5, 0.6) is 0 Å². The van der Waals surface area contributed by atoms with Crippen molar-refractivity contribution in [1.29, 1.82) is 0 Å². The van der Waals surface area contributed by atoms with Crippen molar-refractivity contribution < 1.29 is 49.0 Å². The Hall–Kier alpha value is -1.30. The molecule has 0 spiro atoms. The van der Waals surface area contributed by atoms with Crippen molar-refractivity contribution in [2.24, 2.45) is 0 Å². The Morgan fingerprint density at radius 3 is 1.84 bits per heavy atom. The summed E-state index contributed by atoms with van der Waals surface area (Å²) in [5.41, 5.74) is 0. The van der Waals surface area contributed by atoms with E-state index < -0.39 is 55.4 Å². The van der Waals surface area contributed by atoms with Gasteiger partial charge in [0.1, 0.15) is 31.0 Å². The van der Waals surface area contributed by atoms with Gasteiger partial charge in [-0.25, -0.2) is 0 Å². The van der Waals surface area contributed by atoms with Crippen LogP contribution in [0.25, 0.3) is 0 Å². The summed E-state index contributed by atoms with van der Waals surface area (Å²) in [6.45, 7) is 2.36. The van der Waals surface area contributed by atoms with Gasteiger partial charge >= 0.3 is 11.9 Å². The maximum Gasteiger partial charge on any atom is 0.306 e. The molecule has 0 aliphatic carbocycles. The fourth-order valence-electron chi connectivity index (χ4n) is 4.27. The second kappa shape index (κ2) is 20.6. The first-order chi connectivity index (χ1) is 17.8. The Morgan fingerprint density at radius 1 is 0.784 bits per heavy atom. The van der Waals surface area contributed by atoms with Crippen molar-refractivity contribution in [2.75, 3.05) is 19.8 Å². The zero-order valence-corrected chi connectivity index (χ0v) is 22.7. The van der Waals surface area contributed by atoms with Crippen molar-refractivity contribution in [3.8, 4) is 0 Å². The van der Waals surface area contributed by atoms with Crippen LogP contribution in [0.1, 0.15) is 104 Å². The topological polar surface area (TPSA) is 152 Å². The molecular weight excluding hydrogens is 484 g/mol. The molecule has 0 saturated carbocycles. The molecule has 10 heteroatoms. The third-order valence-corrected chi connectivity index (χ3v) is 6.55. The van der Waals surface area contributed by atoms with Gasteiger partial charge in [-0.3, -0.25) is 9.59 Å². The molecular formula is C27H50O10. The highest BCUT2D eigenvalue weighted by Gasteiger charge is 2.44. The van der Waals surface area contributed by atoms with Gasteiger partial charge in [-0.1, -0.05) is 84.0 Å². The number of hydrogen-bond donors (Lipinski definition) is 4. The fraction of sp³-hybridized carbons (Fsp3) is 0.926. The van der Waals surface area contributed by atoms with Crippen LogP contribution < -0.4 is 0 Å². The van der Waals surface area contributed by atoms with Crippen molar-refractivity contribution in [3.63, 3.8) is 0 Å². The lowest BCUT2D eigenvalue weighted by Crippen LogP contribution is -2.59. The van der Waals surface area contributed by atoms with Crippen molar-refractivity contribution in [1.82, 2.24) is 0 Å². The zero-order chi connectivity index (χ0) is 27.5. The molecule has 6 unspecified atom stereocenters. The summed E-state index contributed by atoms with van der Waals surface area (Å²) < 4.78 is 21.1. The highest BCUT2D eigenvalue weighted by molar-refractivity contribution is 5.69. The first-order valence-corrected chi connectivity index (χ1v) is 14.0. The number of aliphatic hydroxyl groups is 4. The molecule has 0 amide bonds. The summed E-state index contributed by atoms with van der Waals surface area (Å²) in [7, 11) is 0. The smallest absolute Gasteiger partial charge is 0.306 e. The van der Waals surface area contributed by atoms with Gasteiger partial charge in [0.15, 0.2) is 12.4 Å². The fourth-order valence-corrected chi connectivity index (χ4v) is 4.27. The number of aliphatic hydroxyl groups excluding tert-OH is 4. The molecule has 0 bridgehead atoms. The average molecular weight is 535 g/mol. The number of carbonyl (C=O) groups excluding carboxylic acids is 2. The van der Waals surface area contributed by atoms with Gasteiger partial charge in [-0.05, 0) is 6.42 Å². The van der Waals surface area contributed by atoms with Crippen LogP contribution in [-0.2, 0) is 28.5 Å². The van der Waals surface area contributed by atoms with Gasteiger partial charge in [-0.15, -0.1) is 0 Å². The van der Waals surface area contributed by atoms with Crippen LogP contribution in [0, 0.1) is 0 Å². The van der Waals surface area contributed by atoms with E-state index in [4.69, 9.17) is 18.9 Å². The summed E-state index contributed by atoms with van der Waals surface area (Å²) in [6, 6.07) is 0. The average Bonchev–Trinajstić information content (AvgIpc) is 2.87. The normalized spacial score (nSPS) is 24.5. The Bertz CT molecular complexity index is 600. The molecule has 0 aromatic carbocycles. The van der Waals surface area contributed by atoms with E-state index in [2.05, 4.69) is 6.92 Å². The van der Waals surface area contributed by atoms with Gasteiger partial charge in [0.25, 0.3) is 0 Å². The summed E-state index contributed by atoms with van der Waals surface area (Å²) in [5, 5.41) is 39.1. The molecule has 1 aliphatic rings. The number of hydrogen-bond acceptors (Lipinski definition) is 10. The molecule has 4 N–H and O–H groups in total. The van der Waals surface area contributed by atoms with Gasteiger partial charge in [-0.2, -0.15) is 0 Å². The molecule has 37 heavy (non-hydrogen) atoms. The van der Waals surface area contributed by atoms with Gasteiger partial charge in [0, 0.05) is 13.3 Å². The zero-order valence-electron chi connectivity index (χ0n) is 22.7. The minimum absolute atomic E-state index is 0.231. The van der Waals surface area contributed by atoms with Gasteiger partial charge < -0.3 is 39.4 Å². The minimum Gasteiger partial charge on any atom is -0.462 e. The molecule has 0 aromatic rings. The highest BCUT2D eigenvalue weighted by Crippen LogP contribution is 2.22. The van der Waals surface area contributed by atoms with Crippen molar-refractivity contribution in [3.05, 3.63) is 0 Å². The first-order valence-electron chi connectivity index (χ1n) is 14.0. The molecule has 10 nitrogen and oxygen atoms in total. The highest BCUT2D eigenvalue weighted by atomic mass is 16.7. The lowest BCUT2D eigenvalue weighted by atomic mass is 9.99. The van der Waals surface area contributed by atoms with E-state index in [1.54, 1.807) is 0 Å². The largest absolute Gasteiger partial charge is 0.462 e. The predicted molar refractivity (Wildman–Crippen MR) is 137 cm³/mol. The Labute approximate surface area is 221 Å². The molecule has 1 rings (SSSR count). The standard InChI is InChI=1S/C27H50O10/c1-3-4-5-6-7-8-9-10-11-12-13-14-15-16-23(30)36-21(18-34-20(2)29)19-35-27-26(33)25(32)24(31)22(17-28)37-27/h21-22,24-28,31-33H,3-19H2,1-2H3. The van der Waals surface area contributed by atoms with Gasteiger partial charge in [0.05, 0.1) is 13.2 Å². The monoisotopic (exact) mass is 534 g/mol. The summed E-state index contributed by atoms with van der Waals surface area (Å²) in [5.74, 6) is -0.997. The van der Waals surface area contributed by atoms with E-state index in [1.165, 1.54) is 64.7 Å². The molecule has 1 fully saturated rings. The minimum atomic E-state index is -1.58. The van der Waals surface area contributed by atoms with Crippen LogP contribution >= 0.6 is 0 Å². The molecule has 1 aliphatic heterocycles. The molecule has 0 aromatic heterocycles. The van der Waals surface area contributed by atoms with E-state index >= 15 is 0 Å². The van der Waals surface area contributed by atoms with E-state index in [0.717, 1.165) is 19.3 Å². The first kappa shape index (κ1) is 33.7. The van der Waals surface area contributed by atoms with Gasteiger partial charge in [0.2, 0.25) is 0 Å². The van der Waals surface area contributed by atoms with E-state index in [-0.39, 0.29) is 19.6 Å². The number of carbonyl (C=O) groups is 2. The second-order valence-electron chi connectivity index (χ2n) is 9.94. The molecule has 0 radical (unpaired) electrons. The van der Waals surface area contributed by atoms with Crippen molar-refractivity contribution >= 4 is 11.9 Å². The summed E-state index contributed by atoms with van der Waals surface area (Å²) in [6.07, 6.45) is 7.79. The summed E-state index contributed by atoms with van der Waals surface area (Å²) in [4.78, 5) is 23.5. The maximum atomic E-state index is 12.3. The Kier molecular flexibility index (Phi) is 18.8. The van der Waals surface area contributed by atoms with Crippen LogP contribution in [0.4, 0.5) is 0 Å². The quantitative estimate of drug-likeness (QED) is 0.128. The Balaban J connectivity index is 2.25. The van der Waals surface area contributed by atoms with E-state index in [0.29, 0.717) is 6.42 Å². The molecule has 6 atom stereocenters. The summed E-state index contributed by atoms with van der Waals surface area (Å²) >= 11 is 0. The lowest BCUT2D eigenvalue weighted by molar-refractivity contribution is -0.305. The third kappa shape index (κ3) is 15.0. The number of esters is 2. The van der Waals surface area contributed by atoms with Crippen LogP contribution in [0.2, 0.25) is 0 Å². The van der Waals surface area contributed by atoms with Crippen molar-refractivity contribution in [2.45, 2.75) is 141 Å². The Morgan fingerprint density at radius 2 is 1.32 bits per heavy atom. The SMILES string of the molecule is CCCCCCCCCCCCCCCC(=O)OC(COC(C)=O)COC1OC(CO)C(O)C(O)C1O. The number of rotatable bonds is 21. The lowest BCUT2D eigenvalue weighted by Gasteiger charge is -2.39. The maximum absolute atomic E-state index is 12.3. The molecule has 1 heterocycles. The third-order valence-electron chi connectivity index (χ3n) is 6.55. The number of unbranched alkanes of at least 4 members (excludes halogenated alkanes) is 12. The number of ether oxygens (including phenoxy) is 4. The molecule has 1 saturated heterocycles. The molecule has 218 valence electrons. The van der Waals surface area contributed by atoms with Crippen LogP contribution in [0.15, 0.2) is 0 Å².